The van der Waals surface area contributed by atoms with Crippen molar-refractivity contribution in [1.82, 2.24) is 5.32 Å². The fourth-order valence-corrected chi connectivity index (χ4v) is 9.50. The normalized spacial score (nSPS) is 30.0. The summed E-state index contributed by atoms with van der Waals surface area (Å²) in [5.74, 6) is -0.311. The van der Waals surface area contributed by atoms with Crippen LogP contribution in [0.4, 0.5) is 0 Å². The standard InChI is InChI=1S/C65H105NO18/c1-3-5-7-9-11-13-15-16-17-18-19-20-21-22-23-24-25-26-27-28-29-30-31-32-33-35-37-39-41-43-53(71)66-48(49(70)42-40-38-36-34-14-12-10-8-6-4-2)47-79-63-59(77)56(74)61(51(45-68)81-63)84-65-60(78)57(75)62(52(46-69)82-65)83-64-58(76)55(73)54(72)50(44-67)80-64/h5-8,11,13-14,16-17,19-20,22-23,25-26,28-29,34,40,42,48-52,54-65,67-70,72-78H,3-4,9-10,12,15,18,21,24,27,30-33,35-39,41,43-47H2,1-2H3,(H,66,71)/b7-5-,8-6+,13-11-,17-16-,20-19-,23-22-,26-25-,29-28-,34-14+,42-40+. The molecule has 0 aromatic carbocycles. The van der Waals surface area contributed by atoms with Gasteiger partial charge in [0.2, 0.25) is 5.91 Å². The van der Waals surface area contributed by atoms with Gasteiger partial charge in [-0.3, -0.25) is 4.79 Å². The van der Waals surface area contributed by atoms with Crippen molar-refractivity contribution in [2.75, 3.05) is 26.4 Å². The average molecular weight is 1190 g/mol. The van der Waals surface area contributed by atoms with Crippen molar-refractivity contribution in [3.05, 3.63) is 122 Å². The molecule has 17 atom stereocenters. The van der Waals surface area contributed by atoms with E-state index in [1.54, 1.807) is 12.2 Å². The number of allylic oxidation sites excluding steroid dienone is 19. The van der Waals surface area contributed by atoms with Gasteiger partial charge in [0.1, 0.15) is 73.2 Å². The smallest absolute Gasteiger partial charge is 0.220 e. The number of rotatable bonds is 43. The third-order valence-electron chi connectivity index (χ3n) is 14.5. The second-order valence-corrected chi connectivity index (χ2v) is 21.4. The van der Waals surface area contributed by atoms with Gasteiger partial charge in [0.25, 0.3) is 0 Å². The van der Waals surface area contributed by atoms with E-state index in [1.807, 2.05) is 0 Å². The van der Waals surface area contributed by atoms with Crippen LogP contribution in [0.25, 0.3) is 0 Å². The van der Waals surface area contributed by atoms with Crippen LogP contribution >= 0.6 is 0 Å². The lowest BCUT2D eigenvalue weighted by molar-refractivity contribution is -0.379. The Labute approximate surface area is 499 Å². The van der Waals surface area contributed by atoms with Crippen LogP contribution in [0.5, 0.6) is 0 Å². The molecule has 3 aliphatic heterocycles. The monoisotopic (exact) mass is 1190 g/mol. The molecule has 0 saturated carbocycles. The number of aliphatic hydroxyl groups is 11. The number of unbranched alkanes of at least 4 members (excludes halogenated alkanes) is 9. The second kappa shape index (κ2) is 46.4. The van der Waals surface area contributed by atoms with Gasteiger partial charge in [-0.2, -0.15) is 0 Å². The van der Waals surface area contributed by atoms with Crippen LogP contribution in [-0.2, 0) is 33.2 Å². The van der Waals surface area contributed by atoms with Crippen LogP contribution in [0.2, 0.25) is 0 Å². The number of carbonyl (C=O) groups is 1. The zero-order chi connectivity index (χ0) is 61.2. The summed E-state index contributed by atoms with van der Waals surface area (Å²) in [4.78, 5) is 13.3. The predicted octanol–water partition coefficient (Wildman–Crippen LogP) is 6.09. The highest BCUT2D eigenvalue weighted by atomic mass is 16.8. The zero-order valence-electron chi connectivity index (χ0n) is 49.8. The van der Waals surface area contributed by atoms with E-state index in [4.69, 9.17) is 28.4 Å². The molecule has 3 aliphatic rings. The van der Waals surface area contributed by atoms with Gasteiger partial charge < -0.3 is 89.9 Å². The van der Waals surface area contributed by atoms with E-state index in [9.17, 15) is 61.0 Å². The Hall–Kier alpha value is -3.81. The van der Waals surface area contributed by atoms with Crippen molar-refractivity contribution >= 4 is 5.91 Å². The van der Waals surface area contributed by atoms with E-state index in [0.29, 0.717) is 12.8 Å². The van der Waals surface area contributed by atoms with Crippen LogP contribution < -0.4 is 5.32 Å². The molecule has 3 saturated heterocycles. The number of amides is 1. The minimum Gasteiger partial charge on any atom is -0.394 e. The lowest BCUT2D eigenvalue weighted by Gasteiger charge is -2.48. The Bertz CT molecular complexity index is 2000. The Balaban J connectivity index is 1.42. The quantitative estimate of drug-likeness (QED) is 0.0243. The highest BCUT2D eigenvalue weighted by molar-refractivity contribution is 5.76. The first-order valence-corrected chi connectivity index (χ1v) is 30.8. The molecule has 478 valence electrons. The molecular weight excluding hydrogens is 1080 g/mol. The van der Waals surface area contributed by atoms with Crippen LogP contribution in [0.15, 0.2) is 122 Å². The number of carbonyl (C=O) groups excluding carboxylic acids is 1. The van der Waals surface area contributed by atoms with Crippen LogP contribution in [0.3, 0.4) is 0 Å². The third kappa shape index (κ3) is 29.3. The average Bonchev–Trinajstić information content (AvgIpc) is 2.80. The predicted molar refractivity (Wildman–Crippen MR) is 323 cm³/mol. The Morgan fingerprint density at radius 2 is 0.798 bits per heavy atom. The highest BCUT2D eigenvalue weighted by Crippen LogP contribution is 2.33. The molecule has 84 heavy (non-hydrogen) atoms. The Morgan fingerprint density at radius 1 is 0.429 bits per heavy atom. The maximum absolute atomic E-state index is 13.3. The molecule has 0 bridgehead atoms. The number of aliphatic hydroxyl groups excluding tert-OH is 11. The molecule has 0 radical (unpaired) electrons. The summed E-state index contributed by atoms with van der Waals surface area (Å²) < 4.78 is 34.1. The molecule has 12 N–H and O–H groups in total. The molecule has 19 nitrogen and oxygen atoms in total. The summed E-state index contributed by atoms with van der Waals surface area (Å²) in [7, 11) is 0. The molecule has 3 fully saturated rings. The maximum atomic E-state index is 13.3. The van der Waals surface area contributed by atoms with E-state index < -0.39 is 124 Å². The fraction of sp³-hybridized carbons (Fsp3) is 0.677. The van der Waals surface area contributed by atoms with Crippen molar-refractivity contribution in [3.8, 4) is 0 Å². The van der Waals surface area contributed by atoms with Gasteiger partial charge >= 0.3 is 0 Å². The van der Waals surface area contributed by atoms with Gasteiger partial charge in [-0.1, -0.05) is 167 Å². The SMILES string of the molecule is CC/C=C\C/C=C\C/C=C\C/C=C\C/C=C\C/C=C\C/C=C\CCCCCCCCCC(=O)NC(COC1OC(CO)C(OC2OC(CO)C(OC3OC(CO)C(O)C(O)C3O)C(O)C2O)C(O)C1O)C(O)/C=C/CC/C=C/CC/C=C/CC. The second-order valence-electron chi connectivity index (χ2n) is 21.4. The van der Waals surface area contributed by atoms with Crippen molar-refractivity contribution in [3.63, 3.8) is 0 Å². The summed E-state index contributed by atoms with van der Waals surface area (Å²) in [6.07, 6.45) is 34.9. The molecule has 3 heterocycles. The molecule has 0 aliphatic carbocycles. The maximum Gasteiger partial charge on any atom is 0.220 e. The Morgan fingerprint density at radius 3 is 1.29 bits per heavy atom. The van der Waals surface area contributed by atoms with Crippen LogP contribution in [-0.4, -0.2) is 193 Å². The lowest BCUT2D eigenvalue weighted by atomic mass is 9.96. The van der Waals surface area contributed by atoms with Crippen molar-refractivity contribution in [2.45, 2.75) is 253 Å². The zero-order valence-corrected chi connectivity index (χ0v) is 49.8. The number of hydrogen-bond acceptors (Lipinski definition) is 18. The third-order valence-corrected chi connectivity index (χ3v) is 14.5. The summed E-state index contributed by atoms with van der Waals surface area (Å²) in [5, 5.41) is 120. The van der Waals surface area contributed by atoms with Gasteiger partial charge in [0.05, 0.1) is 38.6 Å². The first-order chi connectivity index (χ1) is 40.8. The largest absolute Gasteiger partial charge is 0.394 e. The van der Waals surface area contributed by atoms with Crippen LogP contribution in [0.1, 0.15) is 149 Å². The van der Waals surface area contributed by atoms with Gasteiger partial charge in [-0.15, -0.1) is 0 Å². The van der Waals surface area contributed by atoms with E-state index >= 15 is 0 Å². The minimum absolute atomic E-state index is 0.209. The molecule has 0 spiro atoms. The fourth-order valence-electron chi connectivity index (χ4n) is 9.50. The van der Waals surface area contributed by atoms with Crippen LogP contribution in [0, 0.1) is 0 Å². The van der Waals surface area contributed by atoms with E-state index in [1.165, 1.54) is 0 Å². The van der Waals surface area contributed by atoms with Crippen molar-refractivity contribution < 1.29 is 89.4 Å². The summed E-state index contributed by atoms with van der Waals surface area (Å²) in [6.45, 7) is 1.40. The van der Waals surface area contributed by atoms with Gasteiger partial charge in [-0.05, 0) is 96.3 Å². The number of nitrogens with one attached hydrogen (secondary N) is 1. The van der Waals surface area contributed by atoms with E-state index in [2.05, 4.69) is 129 Å². The molecule has 3 rings (SSSR count). The van der Waals surface area contributed by atoms with E-state index in [-0.39, 0.29) is 18.9 Å². The topological polar surface area (TPSA) is 307 Å². The first-order valence-electron chi connectivity index (χ1n) is 30.8. The first kappa shape index (κ1) is 74.4. The minimum atomic E-state index is -1.99. The van der Waals surface area contributed by atoms with Crippen molar-refractivity contribution in [1.29, 1.82) is 0 Å². The Kier molecular flexibility index (Phi) is 41.1. The molecule has 0 aromatic rings. The molecule has 1 amide bonds. The molecule has 19 heteroatoms. The molecule has 0 aromatic heterocycles. The number of ether oxygens (including phenoxy) is 6. The van der Waals surface area contributed by atoms with Crippen molar-refractivity contribution in [2.24, 2.45) is 0 Å². The lowest BCUT2D eigenvalue weighted by Crippen LogP contribution is -2.66. The summed E-state index contributed by atoms with van der Waals surface area (Å²) >= 11 is 0. The summed E-state index contributed by atoms with van der Waals surface area (Å²) in [6, 6.07) is -1.01. The molecular formula is C65H105NO18. The van der Waals surface area contributed by atoms with E-state index in [0.717, 1.165) is 116 Å². The molecule has 17 unspecified atom stereocenters. The van der Waals surface area contributed by atoms with Gasteiger partial charge in [0, 0.05) is 6.42 Å². The number of hydrogen-bond donors (Lipinski definition) is 12. The van der Waals surface area contributed by atoms with Gasteiger partial charge in [0.15, 0.2) is 18.9 Å². The van der Waals surface area contributed by atoms with Gasteiger partial charge in [-0.25, -0.2) is 0 Å². The highest BCUT2D eigenvalue weighted by Gasteiger charge is 2.53. The summed E-state index contributed by atoms with van der Waals surface area (Å²) in [5.41, 5.74) is 0.